The fourth-order valence-corrected chi connectivity index (χ4v) is 4.10. The third-order valence-corrected chi connectivity index (χ3v) is 5.87. The SMILES string of the molecule is Cc1nc(Nc2ccc(NS(=O)(=O)c3ccc(F)c(Cl)c3)cc2)cc(-n2ccnc2)n1. The number of hydrogen-bond acceptors (Lipinski definition) is 6. The minimum absolute atomic E-state index is 0.135. The molecule has 0 amide bonds. The van der Waals surface area contributed by atoms with Crippen LogP contribution in [0.15, 0.2) is 72.1 Å². The van der Waals surface area contributed by atoms with Gasteiger partial charge in [-0.15, -0.1) is 0 Å². The molecule has 0 saturated heterocycles. The number of aromatic nitrogens is 4. The van der Waals surface area contributed by atoms with E-state index in [4.69, 9.17) is 11.6 Å². The Labute approximate surface area is 182 Å². The van der Waals surface area contributed by atoms with E-state index in [-0.39, 0.29) is 9.92 Å². The maximum Gasteiger partial charge on any atom is 0.261 e. The number of aryl methyl sites for hydroxylation is 1. The number of imidazole rings is 1. The number of nitrogens with one attached hydrogen (secondary N) is 2. The van der Waals surface area contributed by atoms with E-state index >= 15 is 0 Å². The van der Waals surface area contributed by atoms with Crippen LogP contribution in [0.4, 0.5) is 21.6 Å². The van der Waals surface area contributed by atoms with E-state index in [1.165, 1.54) is 0 Å². The maximum absolute atomic E-state index is 13.3. The van der Waals surface area contributed by atoms with Crippen LogP contribution in [0.2, 0.25) is 5.02 Å². The highest BCUT2D eigenvalue weighted by Gasteiger charge is 2.16. The summed E-state index contributed by atoms with van der Waals surface area (Å²) in [6, 6.07) is 11.6. The van der Waals surface area contributed by atoms with Gasteiger partial charge in [0.05, 0.1) is 9.92 Å². The first-order valence-electron chi connectivity index (χ1n) is 8.99. The average Bonchev–Trinajstić information content (AvgIpc) is 3.26. The lowest BCUT2D eigenvalue weighted by Crippen LogP contribution is -2.13. The Hall–Kier alpha value is -3.50. The lowest BCUT2D eigenvalue weighted by Gasteiger charge is -2.11. The molecular weight excluding hydrogens is 443 g/mol. The van der Waals surface area contributed by atoms with E-state index in [0.717, 1.165) is 18.2 Å². The second kappa shape index (κ2) is 8.32. The van der Waals surface area contributed by atoms with Gasteiger partial charge < -0.3 is 5.32 Å². The van der Waals surface area contributed by atoms with Crippen molar-refractivity contribution in [3.63, 3.8) is 0 Å². The van der Waals surface area contributed by atoms with E-state index in [1.54, 1.807) is 60.5 Å². The molecule has 2 aromatic heterocycles. The number of nitrogens with zero attached hydrogens (tertiary/aromatic N) is 4. The van der Waals surface area contributed by atoms with Gasteiger partial charge in [0.25, 0.3) is 10.0 Å². The molecule has 4 rings (SSSR count). The summed E-state index contributed by atoms with van der Waals surface area (Å²) >= 11 is 5.68. The van der Waals surface area contributed by atoms with Crippen LogP contribution in [0.1, 0.15) is 5.82 Å². The zero-order valence-electron chi connectivity index (χ0n) is 16.1. The first-order chi connectivity index (χ1) is 14.8. The minimum Gasteiger partial charge on any atom is -0.340 e. The van der Waals surface area contributed by atoms with Crippen molar-refractivity contribution in [1.82, 2.24) is 19.5 Å². The maximum atomic E-state index is 13.3. The summed E-state index contributed by atoms with van der Waals surface area (Å²) < 4.78 is 42.5. The molecule has 0 radical (unpaired) electrons. The molecule has 0 aliphatic heterocycles. The van der Waals surface area contributed by atoms with Crippen molar-refractivity contribution in [2.45, 2.75) is 11.8 Å². The second-order valence-corrected chi connectivity index (χ2v) is 8.60. The molecule has 8 nitrogen and oxygen atoms in total. The highest BCUT2D eigenvalue weighted by Crippen LogP contribution is 2.24. The van der Waals surface area contributed by atoms with Crippen molar-refractivity contribution >= 4 is 38.8 Å². The summed E-state index contributed by atoms with van der Waals surface area (Å²) in [7, 11) is -3.91. The highest BCUT2D eigenvalue weighted by atomic mass is 35.5. The van der Waals surface area contributed by atoms with Crippen molar-refractivity contribution in [1.29, 1.82) is 0 Å². The second-order valence-electron chi connectivity index (χ2n) is 6.51. The molecule has 0 unspecified atom stereocenters. The molecule has 4 aromatic rings. The van der Waals surface area contributed by atoms with Crippen LogP contribution in [0.3, 0.4) is 0 Å². The summed E-state index contributed by atoms with van der Waals surface area (Å²) in [6.45, 7) is 1.78. The fraction of sp³-hybridized carbons (Fsp3) is 0.0500. The molecule has 2 heterocycles. The van der Waals surface area contributed by atoms with Gasteiger partial charge in [-0.25, -0.2) is 27.8 Å². The van der Waals surface area contributed by atoms with Gasteiger partial charge in [-0.3, -0.25) is 9.29 Å². The van der Waals surface area contributed by atoms with Gasteiger partial charge in [0.2, 0.25) is 0 Å². The fourth-order valence-electron chi connectivity index (χ4n) is 2.77. The van der Waals surface area contributed by atoms with Crippen molar-refractivity contribution in [2.75, 3.05) is 10.0 Å². The molecule has 0 saturated carbocycles. The van der Waals surface area contributed by atoms with E-state index in [2.05, 4.69) is 25.0 Å². The van der Waals surface area contributed by atoms with Crippen molar-refractivity contribution < 1.29 is 12.8 Å². The molecule has 0 bridgehead atoms. The van der Waals surface area contributed by atoms with Gasteiger partial charge in [0, 0.05) is 29.8 Å². The number of sulfonamides is 1. The average molecular weight is 459 g/mol. The molecule has 0 aliphatic carbocycles. The molecule has 158 valence electrons. The Bertz CT molecular complexity index is 1330. The lowest BCUT2D eigenvalue weighted by atomic mass is 10.3. The monoisotopic (exact) mass is 458 g/mol. The summed E-state index contributed by atoms with van der Waals surface area (Å²) in [5, 5.41) is 2.90. The highest BCUT2D eigenvalue weighted by molar-refractivity contribution is 7.92. The number of benzene rings is 2. The molecular formula is C20H16ClFN6O2S. The van der Waals surface area contributed by atoms with Crippen molar-refractivity contribution in [3.05, 3.63) is 83.9 Å². The van der Waals surface area contributed by atoms with Gasteiger partial charge in [0.15, 0.2) is 0 Å². The molecule has 2 aromatic carbocycles. The first kappa shape index (κ1) is 20.8. The van der Waals surface area contributed by atoms with Crippen LogP contribution in [-0.4, -0.2) is 27.9 Å². The molecule has 0 fully saturated rings. The topological polar surface area (TPSA) is 102 Å². The van der Waals surface area contributed by atoms with Crippen molar-refractivity contribution in [2.24, 2.45) is 0 Å². The standard InChI is InChI=1S/C20H16ClFN6O2S/c1-13-24-19(11-20(25-13)28-9-8-23-12-28)26-14-2-4-15(5-3-14)27-31(29,30)16-6-7-18(22)17(21)10-16/h2-12,27H,1H3,(H,24,25,26). The predicted molar refractivity (Wildman–Crippen MR) is 116 cm³/mol. The van der Waals surface area contributed by atoms with Crippen LogP contribution < -0.4 is 10.0 Å². The number of rotatable bonds is 6. The zero-order valence-corrected chi connectivity index (χ0v) is 17.7. The van der Waals surface area contributed by atoms with E-state index < -0.39 is 15.8 Å². The molecule has 0 aliphatic rings. The summed E-state index contributed by atoms with van der Waals surface area (Å²) in [5.74, 6) is 1.13. The first-order valence-corrected chi connectivity index (χ1v) is 10.9. The molecule has 2 N–H and O–H groups in total. The Kier molecular flexibility index (Phi) is 5.57. The van der Waals surface area contributed by atoms with Crippen molar-refractivity contribution in [3.8, 4) is 5.82 Å². The number of hydrogen-bond donors (Lipinski definition) is 2. The van der Waals surface area contributed by atoms with Crippen LogP contribution >= 0.6 is 11.6 Å². The molecule has 0 atom stereocenters. The zero-order chi connectivity index (χ0) is 22.0. The smallest absolute Gasteiger partial charge is 0.261 e. The number of halogens is 2. The lowest BCUT2D eigenvalue weighted by molar-refractivity contribution is 0.599. The molecule has 31 heavy (non-hydrogen) atoms. The molecule has 11 heteroatoms. The normalized spacial score (nSPS) is 11.3. The Morgan fingerprint density at radius 2 is 1.77 bits per heavy atom. The third-order valence-electron chi connectivity index (χ3n) is 4.20. The van der Waals surface area contributed by atoms with E-state index in [0.29, 0.717) is 28.8 Å². The van der Waals surface area contributed by atoms with Gasteiger partial charge in [0.1, 0.15) is 29.6 Å². The predicted octanol–water partition coefficient (Wildman–Crippen LogP) is 4.31. The summed E-state index contributed by atoms with van der Waals surface area (Å²) in [5.41, 5.74) is 1.03. The molecule has 0 spiro atoms. The summed E-state index contributed by atoms with van der Waals surface area (Å²) in [4.78, 5) is 12.6. The Morgan fingerprint density at radius 1 is 1.03 bits per heavy atom. The van der Waals surface area contributed by atoms with E-state index in [1.807, 2.05) is 0 Å². The Morgan fingerprint density at radius 3 is 2.45 bits per heavy atom. The van der Waals surface area contributed by atoms with Crippen LogP contribution in [0, 0.1) is 12.7 Å². The largest absolute Gasteiger partial charge is 0.340 e. The van der Waals surface area contributed by atoms with Gasteiger partial charge in [-0.1, -0.05) is 11.6 Å². The summed E-state index contributed by atoms with van der Waals surface area (Å²) in [6.07, 6.45) is 5.08. The van der Waals surface area contributed by atoms with Crippen LogP contribution in [-0.2, 0) is 10.0 Å². The van der Waals surface area contributed by atoms with E-state index in [9.17, 15) is 12.8 Å². The minimum atomic E-state index is -3.91. The number of anilines is 3. The van der Waals surface area contributed by atoms with Gasteiger partial charge >= 0.3 is 0 Å². The van der Waals surface area contributed by atoms with Gasteiger partial charge in [-0.2, -0.15) is 0 Å². The Balaban J connectivity index is 1.50. The third kappa shape index (κ3) is 4.81. The van der Waals surface area contributed by atoms with Crippen LogP contribution in [0.25, 0.3) is 5.82 Å². The van der Waals surface area contributed by atoms with Gasteiger partial charge in [-0.05, 0) is 49.4 Å². The van der Waals surface area contributed by atoms with Crippen LogP contribution in [0.5, 0.6) is 0 Å². The quantitative estimate of drug-likeness (QED) is 0.446.